The van der Waals surface area contributed by atoms with Crippen molar-refractivity contribution in [3.05, 3.63) is 77.2 Å². The zero-order valence-electron chi connectivity index (χ0n) is 18.8. The molecule has 0 atom stereocenters. The molecule has 1 aliphatic rings. The van der Waals surface area contributed by atoms with Gasteiger partial charge < -0.3 is 5.32 Å². The average molecular weight is 459 g/mol. The molecule has 1 saturated heterocycles. The van der Waals surface area contributed by atoms with Gasteiger partial charge in [0.25, 0.3) is 5.91 Å². The van der Waals surface area contributed by atoms with Gasteiger partial charge in [0.1, 0.15) is 0 Å². The molecule has 4 aromatic rings. The molecular weight excluding hydrogens is 432 g/mol. The Morgan fingerprint density at radius 2 is 1.88 bits per heavy atom. The van der Waals surface area contributed by atoms with E-state index >= 15 is 0 Å². The second kappa shape index (κ2) is 9.33. The van der Waals surface area contributed by atoms with Gasteiger partial charge in [-0.1, -0.05) is 23.4 Å². The smallest absolute Gasteiger partial charge is 0.278 e. The fourth-order valence-corrected chi connectivity index (χ4v) is 5.19. The van der Waals surface area contributed by atoms with Crippen LogP contribution in [-0.4, -0.2) is 55.4 Å². The molecule has 0 bridgehead atoms. The van der Waals surface area contributed by atoms with Crippen LogP contribution in [0, 0.1) is 13.8 Å². The lowest BCUT2D eigenvalue weighted by Gasteiger charge is -2.27. The fraction of sp³-hybridized carbons (Fsp3) is 0.280. The third kappa shape index (κ3) is 4.36. The molecule has 5 rings (SSSR count). The largest absolute Gasteiger partial charge is 0.320 e. The first-order chi connectivity index (χ1) is 16.1. The molecule has 1 aliphatic heterocycles. The van der Waals surface area contributed by atoms with Crippen LogP contribution in [-0.2, 0) is 6.54 Å². The van der Waals surface area contributed by atoms with Crippen molar-refractivity contribution in [2.45, 2.75) is 20.4 Å². The maximum Gasteiger partial charge on any atom is 0.278 e. The summed E-state index contributed by atoms with van der Waals surface area (Å²) in [6.07, 6.45) is 1.76. The van der Waals surface area contributed by atoms with Gasteiger partial charge >= 0.3 is 0 Å². The van der Waals surface area contributed by atoms with Gasteiger partial charge in [-0.25, -0.2) is 4.68 Å². The van der Waals surface area contributed by atoms with Gasteiger partial charge in [0.2, 0.25) is 0 Å². The topological polar surface area (TPSA) is 75.9 Å². The van der Waals surface area contributed by atoms with Gasteiger partial charge in [-0.15, -0.1) is 5.10 Å². The van der Waals surface area contributed by atoms with Crippen LogP contribution in [0.1, 0.15) is 27.3 Å². The highest BCUT2D eigenvalue weighted by molar-refractivity contribution is 7.99. The maximum atomic E-state index is 13.1. The number of benzene rings is 2. The molecule has 1 fully saturated rings. The fourth-order valence-electron chi connectivity index (χ4n) is 4.21. The van der Waals surface area contributed by atoms with Crippen molar-refractivity contribution in [3.63, 3.8) is 0 Å². The molecule has 7 nitrogen and oxygen atoms in total. The van der Waals surface area contributed by atoms with E-state index in [2.05, 4.69) is 38.5 Å². The predicted molar refractivity (Wildman–Crippen MR) is 133 cm³/mol. The van der Waals surface area contributed by atoms with E-state index in [0.29, 0.717) is 11.4 Å². The number of carbonyl (C=O) groups excluding carboxylic acids is 1. The van der Waals surface area contributed by atoms with Crippen molar-refractivity contribution in [3.8, 4) is 5.69 Å². The number of nitrogens with zero attached hydrogens (tertiary/aromatic N) is 5. The van der Waals surface area contributed by atoms with Crippen LogP contribution in [0.4, 0.5) is 5.69 Å². The van der Waals surface area contributed by atoms with Crippen LogP contribution < -0.4 is 5.32 Å². The van der Waals surface area contributed by atoms with Crippen LogP contribution in [0.2, 0.25) is 0 Å². The zero-order chi connectivity index (χ0) is 22.8. The monoisotopic (exact) mass is 458 g/mol. The Kier molecular flexibility index (Phi) is 6.11. The van der Waals surface area contributed by atoms with Gasteiger partial charge in [0.05, 0.1) is 16.9 Å². The van der Waals surface area contributed by atoms with Crippen LogP contribution in [0.5, 0.6) is 0 Å². The number of anilines is 1. The van der Waals surface area contributed by atoms with Crippen molar-refractivity contribution in [1.82, 2.24) is 24.9 Å². The van der Waals surface area contributed by atoms with E-state index in [9.17, 15) is 4.79 Å². The molecule has 3 heterocycles. The van der Waals surface area contributed by atoms with Crippen molar-refractivity contribution < 1.29 is 4.79 Å². The Morgan fingerprint density at radius 1 is 1.06 bits per heavy atom. The quantitative estimate of drug-likeness (QED) is 0.482. The van der Waals surface area contributed by atoms with Gasteiger partial charge in [-0.05, 0) is 55.3 Å². The van der Waals surface area contributed by atoms with Crippen LogP contribution >= 0.6 is 11.8 Å². The Labute approximate surface area is 197 Å². The number of carbonyl (C=O) groups is 1. The minimum atomic E-state index is -0.258. The summed E-state index contributed by atoms with van der Waals surface area (Å²) in [5.41, 5.74) is 5.86. The van der Waals surface area contributed by atoms with Gasteiger partial charge in [-0.2, -0.15) is 11.8 Å². The molecule has 0 unspecified atom stereocenters. The maximum absolute atomic E-state index is 13.1. The molecule has 2 aromatic carbocycles. The molecule has 0 aliphatic carbocycles. The molecule has 0 saturated carbocycles. The third-order valence-electron chi connectivity index (χ3n) is 6.15. The summed E-state index contributed by atoms with van der Waals surface area (Å²) >= 11 is 2.01. The van der Waals surface area contributed by atoms with Crippen LogP contribution in [0.25, 0.3) is 16.6 Å². The summed E-state index contributed by atoms with van der Waals surface area (Å²) < 4.78 is 1.70. The van der Waals surface area contributed by atoms with E-state index in [0.717, 1.165) is 47.5 Å². The minimum Gasteiger partial charge on any atom is -0.320 e. The highest BCUT2D eigenvalue weighted by Gasteiger charge is 2.20. The number of thioether (sulfide) groups is 1. The Balaban J connectivity index is 1.39. The Bertz CT molecular complexity index is 1310. The highest BCUT2D eigenvalue weighted by Crippen LogP contribution is 2.24. The number of amides is 1. The summed E-state index contributed by atoms with van der Waals surface area (Å²) in [5, 5.41) is 12.5. The lowest BCUT2D eigenvalue weighted by atomic mass is 10.1. The normalized spacial score (nSPS) is 14.5. The molecule has 0 spiro atoms. The molecule has 2 aromatic heterocycles. The first-order valence-electron chi connectivity index (χ1n) is 11.1. The average Bonchev–Trinajstić information content (AvgIpc) is 3.23. The first kappa shape index (κ1) is 21.6. The van der Waals surface area contributed by atoms with Crippen molar-refractivity contribution >= 4 is 34.3 Å². The Morgan fingerprint density at radius 3 is 2.73 bits per heavy atom. The number of aromatic nitrogens is 4. The van der Waals surface area contributed by atoms with Gasteiger partial charge in [-0.3, -0.25) is 14.7 Å². The highest BCUT2D eigenvalue weighted by atomic mass is 32.2. The summed E-state index contributed by atoms with van der Waals surface area (Å²) in [6, 6.07) is 15.8. The molecule has 1 amide bonds. The SMILES string of the molecule is Cc1c(CN2CCSCC2)cccc1NC(=O)c1nnn(-c2cccc3ncccc23)c1C. The van der Waals surface area contributed by atoms with E-state index in [4.69, 9.17) is 0 Å². The predicted octanol–water partition coefficient (Wildman–Crippen LogP) is 4.23. The molecular formula is C25H26N6OS. The zero-order valence-corrected chi connectivity index (χ0v) is 19.6. The first-order valence-corrected chi connectivity index (χ1v) is 12.2. The number of nitrogens with one attached hydrogen (secondary N) is 1. The number of hydrogen-bond donors (Lipinski definition) is 1. The second-order valence-corrected chi connectivity index (χ2v) is 9.44. The molecule has 1 N–H and O–H groups in total. The van der Waals surface area contributed by atoms with Crippen LogP contribution in [0.3, 0.4) is 0 Å². The summed E-state index contributed by atoms with van der Waals surface area (Å²) in [5.74, 6) is 2.10. The number of rotatable bonds is 5. The minimum absolute atomic E-state index is 0.258. The lowest BCUT2D eigenvalue weighted by molar-refractivity contribution is 0.102. The van der Waals surface area contributed by atoms with E-state index in [1.165, 1.54) is 17.1 Å². The number of pyridine rings is 1. The standard InChI is InChI=1S/C25H26N6OS/c1-17-19(16-30-12-14-33-15-13-30)6-3-8-21(17)27-25(32)24-18(2)31(29-28-24)23-10-4-9-22-20(23)7-5-11-26-22/h3-11H,12-16H2,1-2H3,(H,27,32). The van der Waals surface area contributed by atoms with Gasteiger partial charge in [0, 0.05) is 48.4 Å². The molecule has 8 heteroatoms. The van der Waals surface area contributed by atoms with Crippen LogP contribution in [0.15, 0.2) is 54.7 Å². The van der Waals surface area contributed by atoms with Crippen molar-refractivity contribution in [2.24, 2.45) is 0 Å². The summed E-state index contributed by atoms with van der Waals surface area (Å²) in [4.78, 5) is 20.0. The van der Waals surface area contributed by atoms with E-state index in [1.54, 1.807) is 10.9 Å². The van der Waals surface area contributed by atoms with Crippen molar-refractivity contribution in [2.75, 3.05) is 29.9 Å². The molecule has 0 radical (unpaired) electrons. The van der Waals surface area contributed by atoms with E-state index in [-0.39, 0.29) is 5.91 Å². The molecule has 33 heavy (non-hydrogen) atoms. The number of hydrogen-bond acceptors (Lipinski definition) is 6. The molecule has 168 valence electrons. The Hall–Kier alpha value is -3.23. The summed E-state index contributed by atoms with van der Waals surface area (Å²) in [7, 11) is 0. The summed E-state index contributed by atoms with van der Waals surface area (Å²) in [6.45, 7) is 7.04. The third-order valence-corrected chi connectivity index (χ3v) is 7.09. The lowest BCUT2D eigenvalue weighted by Crippen LogP contribution is -2.32. The van der Waals surface area contributed by atoms with Gasteiger partial charge in [0.15, 0.2) is 5.69 Å². The van der Waals surface area contributed by atoms with E-state index < -0.39 is 0 Å². The van der Waals surface area contributed by atoms with Crippen molar-refractivity contribution in [1.29, 1.82) is 0 Å². The van der Waals surface area contributed by atoms with E-state index in [1.807, 2.05) is 61.2 Å². The second-order valence-electron chi connectivity index (χ2n) is 8.21. The number of fused-ring (bicyclic) bond motifs is 1.